The predicted molar refractivity (Wildman–Crippen MR) is 71.7 cm³/mol. The minimum atomic E-state index is 0.0920. The predicted octanol–water partition coefficient (Wildman–Crippen LogP) is 2.21. The van der Waals surface area contributed by atoms with E-state index in [1.807, 2.05) is 36.4 Å². The van der Waals surface area contributed by atoms with Gasteiger partial charge in [-0.1, -0.05) is 6.08 Å². The summed E-state index contributed by atoms with van der Waals surface area (Å²) >= 11 is 0. The Bertz CT molecular complexity index is 584. The molecule has 1 aliphatic carbocycles. The number of nitrogen functional groups attached to an aromatic ring is 1. The minimum absolute atomic E-state index is 0.0920. The van der Waals surface area contributed by atoms with Gasteiger partial charge in [-0.15, -0.1) is 0 Å². The van der Waals surface area contributed by atoms with Crippen molar-refractivity contribution in [2.24, 2.45) is 5.73 Å². The molecular weight excluding hydrogens is 226 g/mol. The van der Waals surface area contributed by atoms with Gasteiger partial charge in [-0.25, -0.2) is 4.98 Å². The molecule has 4 N–H and O–H groups in total. The molecule has 4 heteroatoms. The van der Waals surface area contributed by atoms with E-state index in [0.717, 1.165) is 35.5 Å². The second kappa shape index (κ2) is 4.31. The third-order valence-electron chi connectivity index (χ3n) is 3.09. The number of hydrogen-bond acceptors (Lipinski definition) is 4. The summed E-state index contributed by atoms with van der Waals surface area (Å²) in [7, 11) is 0. The summed E-state index contributed by atoms with van der Waals surface area (Å²) in [6.45, 7) is 0. The minimum Gasteiger partial charge on any atom is -0.436 e. The molecule has 1 aliphatic rings. The Balaban J connectivity index is 1.98. The first-order valence-electron chi connectivity index (χ1n) is 6.02. The SMILES string of the molecule is Nc1ccc(-c2nc3c(o2)C=CC(N)CC3)cc1. The van der Waals surface area contributed by atoms with Crippen LogP contribution in [0.15, 0.2) is 34.8 Å². The smallest absolute Gasteiger partial charge is 0.226 e. The first-order valence-corrected chi connectivity index (χ1v) is 6.02. The fourth-order valence-corrected chi connectivity index (χ4v) is 2.03. The lowest BCUT2D eigenvalue weighted by Gasteiger charge is -2.00. The van der Waals surface area contributed by atoms with Crippen molar-refractivity contribution >= 4 is 11.8 Å². The third-order valence-corrected chi connectivity index (χ3v) is 3.09. The maximum absolute atomic E-state index is 5.87. The molecule has 1 unspecified atom stereocenters. The Kier molecular flexibility index (Phi) is 2.64. The molecule has 2 aromatic rings. The molecule has 1 heterocycles. The van der Waals surface area contributed by atoms with E-state index in [9.17, 15) is 0 Å². The summed E-state index contributed by atoms with van der Waals surface area (Å²) < 4.78 is 5.77. The molecule has 3 rings (SSSR count). The fraction of sp³-hybridized carbons (Fsp3) is 0.214. The lowest BCUT2D eigenvalue weighted by molar-refractivity contribution is 0.562. The Morgan fingerprint density at radius 1 is 1.22 bits per heavy atom. The number of fused-ring (bicyclic) bond motifs is 1. The standard InChI is InChI=1S/C14H15N3O/c15-10-3-1-9(2-4-10)14-17-12-7-5-11(16)6-8-13(12)18-14/h1-4,6,8,11H,5,7,15-16H2. The average Bonchev–Trinajstić information content (AvgIpc) is 2.70. The van der Waals surface area contributed by atoms with Crippen LogP contribution in [0.4, 0.5) is 5.69 Å². The number of aryl methyl sites for hydroxylation is 1. The lowest BCUT2D eigenvalue weighted by Crippen LogP contribution is -2.16. The van der Waals surface area contributed by atoms with Crippen LogP contribution in [0, 0.1) is 0 Å². The van der Waals surface area contributed by atoms with Gasteiger partial charge in [-0.3, -0.25) is 0 Å². The van der Waals surface area contributed by atoms with Gasteiger partial charge >= 0.3 is 0 Å². The molecule has 0 bridgehead atoms. The summed E-state index contributed by atoms with van der Waals surface area (Å²) in [4.78, 5) is 4.53. The van der Waals surface area contributed by atoms with Gasteiger partial charge in [-0.05, 0) is 43.2 Å². The van der Waals surface area contributed by atoms with Crippen LogP contribution in [0.3, 0.4) is 0 Å². The summed E-state index contributed by atoms with van der Waals surface area (Å²) in [5.74, 6) is 1.45. The molecule has 0 radical (unpaired) electrons. The van der Waals surface area contributed by atoms with Crippen molar-refractivity contribution in [3.63, 3.8) is 0 Å². The molecule has 0 amide bonds. The molecule has 0 fully saturated rings. The number of hydrogen-bond donors (Lipinski definition) is 2. The molecular formula is C14H15N3O. The number of nitrogens with zero attached hydrogens (tertiary/aromatic N) is 1. The Morgan fingerprint density at radius 3 is 2.78 bits per heavy atom. The fourth-order valence-electron chi connectivity index (χ4n) is 2.03. The molecule has 1 aromatic heterocycles. The maximum Gasteiger partial charge on any atom is 0.226 e. The Morgan fingerprint density at radius 2 is 2.00 bits per heavy atom. The van der Waals surface area contributed by atoms with E-state index in [1.54, 1.807) is 0 Å². The molecule has 18 heavy (non-hydrogen) atoms. The van der Waals surface area contributed by atoms with Crippen molar-refractivity contribution in [1.82, 2.24) is 4.98 Å². The van der Waals surface area contributed by atoms with Gasteiger partial charge in [0, 0.05) is 17.3 Å². The van der Waals surface area contributed by atoms with E-state index in [-0.39, 0.29) is 6.04 Å². The first-order chi connectivity index (χ1) is 8.72. The van der Waals surface area contributed by atoms with E-state index in [2.05, 4.69) is 4.98 Å². The molecule has 92 valence electrons. The second-order valence-electron chi connectivity index (χ2n) is 4.51. The second-order valence-corrected chi connectivity index (χ2v) is 4.51. The summed E-state index contributed by atoms with van der Waals surface area (Å²) in [5, 5.41) is 0. The van der Waals surface area contributed by atoms with Crippen LogP contribution in [0.5, 0.6) is 0 Å². The summed E-state index contributed by atoms with van der Waals surface area (Å²) in [6.07, 6.45) is 5.63. The van der Waals surface area contributed by atoms with Crippen molar-refractivity contribution in [1.29, 1.82) is 0 Å². The monoisotopic (exact) mass is 241 g/mol. The summed E-state index contributed by atoms with van der Waals surface area (Å²) in [6, 6.07) is 7.60. The number of anilines is 1. The van der Waals surface area contributed by atoms with Crippen LogP contribution in [0.25, 0.3) is 17.5 Å². The van der Waals surface area contributed by atoms with Gasteiger partial charge in [-0.2, -0.15) is 0 Å². The highest BCUT2D eigenvalue weighted by Gasteiger charge is 2.16. The highest BCUT2D eigenvalue weighted by atomic mass is 16.4. The Labute approximate surface area is 105 Å². The van der Waals surface area contributed by atoms with Crippen LogP contribution >= 0.6 is 0 Å². The highest BCUT2D eigenvalue weighted by molar-refractivity contribution is 5.60. The molecule has 0 saturated carbocycles. The number of benzene rings is 1. The van der Waals surface area contributed by atoms with Gasteiger partial charge < -0.3 is 15.9 Å². The molecule has 0 aliphatic heterocycles. The van der Waals surface area contributed by atoms with Gasteiger partial charge in [0.25, 0.3) is 0 Å². The molecule has 4 nitrogen and oxygen atoms in total. The normalized spacial score (nSPS) is 18.4. The van der Waals surface area contributed by atoms with E-state index in [0.29, 0.717) is 5.89 Å². The molecule has 1 aromatic carbocycles. The third kappa shape index (κ3) is 2.02. The van der Waals surface area contributed by atoms with Crippen LogP contribution in [-0.4, -0.2) is 11.0 Å². The number of rotatable bonds is 1. The van der Waals surface area contributed by atoms with Crippen LogP contribution in [-0.2, 0) is 6.42 Å². The van der Waals surface area contributed by atoms with Crippen LogP contribution in [0.1, 0.15) is 17.9 Å². The number of aromatic nitrogens is 1. The van der Waals surface area contributed by atoms with E-state index in [4.69, 9.17) is 15.9 Å². The van der Waals surface area contributed by atoms with Gasteiger partial charge in [0.15, 0.2) is 5.76 Å². The first kappa shape index (κ1) is 11.0. The quantitative estimate of drug-likeness (QED) is 0.750. The highest BCUT2D eigenvalue weighted by Crippen LogP contribution is 2.26. The van der Waals surface area contributed by atoms with Crippen LogP contribution in [0.2, 0.25) is 0 Å². The van der Waals surface area contributed by atoms with Crippen molar-refractivity contribution in [2.45, 2.75) is 18.9 Å². The summed E-state index contributed by atoms with van der Waals surface area (Å²) in [5.41, 5.74) is 14.2. The lowest BCUT2D eigenvalue weighted by atomic mass is 10.1. The zero-order valence-corrected chi connectivity index (χ0v) is 9.97. The maximum atomic E-state index is 5.87. The van der Waals surface area contributed by atoms with E-state index in [1.165, 1.54) is 0 Å². The average molecular weight is 241 g/mol. The molecule has 1 atom stereocenters. The van der Waals surface area contributed by atoms with Crippen molar-refractivity contribution in [3.8, 4) is 11.5 Å². The number of oxazole rings is 1. The van der Waals surface area contributed by atoms with E-state index >= 15 is 0 Å². The van der Waals surface area contributed by atoms with Gasteiger partial charge in [0.05, 0.1) is 5.69 Å². The van der Waals surface area contributed by atoms with Gasteiger partial charge in [0.2, 0.25) is 5.89 Å². The zero-order valence-electron chi connectivity index (χ0n) is 9.97. The van der Waals surface area contributed by atoms with Crippen LogP contribution < -0.4 is 11.5 Å². The topological polar surface area (TPSA) is 78.1 Å². The van der Waals surface area contributed by atoms with Crippen molar-refractivity contribution in [3.05, 3.63) is 41.8 Å². The van der Waals surface area contributed by atoms with E-state index < -0.39 is 0 Å². The molecule has 0 saturated heterocycles. The largest absolute Gasteiger partial charge is 0.436 e. The zero-order chi connectivity index (χ0) is 12.5. The van der Waals surface area contributed by atoms with Crippen molar-refractivity contribution < 1.29 is 4.42 Å². The number of nitrogens with two attached hydrogens (primary N) is 2. The van der Waals surface area contributed by atoms with Gasteiger partial charge in [0.1, 0.15) is 0 Å². The molecule has 0 spiro atoms. The Hall–Kier alpha value is -2.07. The van der Waals surface area contributed by atoms with Crippen molar-refractivity contribution in [2.75, 3.05) is 5.73 Å².